The Hall–Kier alpha value is -2.57. The van der Waals surface area contributed by atoms with Gasteiger partial charge in [0, 0.05) is 25.7 Å². The molecule has 0 radical (unpaired) electrons. The summed E-state index contributed by atoms with van der Waals surface area (Å²) in [6.07, 6.45) is 0. The summed E-state index contributed by atoms with van der Waals surface area (Å²) in [4.78, 5) is 17.0. The smallest absolute Gasteiger partial charge is 0.234 e. The van der Waals surface area contributed by atoms with Crippen LogP contribution < -0.4 is 14.8 Å². The van der Waals surface area contributed by atoms with Crippen LogP contribution in [0.4, 0.5) is 0 Å². The number of piperazine rings is 1. The minimum atomic E-state index is 0.0331. The molecule has 0 aromatic heterocycles. The van der Waals surface area contributed by atoms with Crippen molar-refractivity contribution >= 4 is 5.91 Å². The molecular weight excluding hydrogens is 366 g/mol. The van der Waals surface area contributed by atoms with E-state index in [-0.39, 0.29) is 11.9 Å². The third kappa shape index (κ3) is 6.48. The Labute approximate surface area is 173 Å². The van der Waals surface area contributed by atoms with Crippen LogP contribution in [-0.4, -0.2) is 68.7 Å². The molecule has 2 aromatic rings. The minimum absolute atomic E-state index is 0.0331. The summed E-state index contributed by atoms with van der Waals surface area (Å²) in [5.74, 6) is 1.63. The zero-order valence-corrected chi connectivity index (χ0v) is 17.3. The fourth-order valence-electron chi connectivity index (χ4n) is 3.54. The Morgan fingerprint density at radius 3 is 2.41 bits per heavy atom. The van der Waals surface area contributed by atoms with Crippen molar-refractivity contribution in [2.24, 2.45) is 0 Å². The molecule has 6 heteroatoms. The number of hydrogen-bond acceptors (Lipinski definition) is 5. The number of amides is 1. The molecule has 156 valence electrons. The van der Waals surface area contributed by atoms with Crippen LogP contribution in [0.3, 0.4) is 0 Å². The maximum absolute atomic E-state index is 12.5. The Morgan fingerprint density at radius 2 is 1.72 bits per heavy atom. The minimum Gasteiger partial charge on any atom is -0.494 e. The molecule has 29 heavy (non-hydrogen) atoms. The molecule has 1 N–H and O–H groups in total. The summed E-state index contributed by atoms with van der Waals surface area (Å²) in [5, 5.41) is 2.97. The standard InChI is InChI=1S/C23H31N3O3/c1-3-28-20-9-11-21(12-10-20)29-16-13-24-23(27)18-26-15-14-25(2)17-22(26)19-7-5-4-6-8-19/h4-12,22H,3,13-18H2,1-2H3,(H,24,27). The molecular formula is C23H31N3O3. The van der Waals surface area contributed by atoms with Crippen molar-refractivity contribution in [1.82, 2.24) is 15.1 Å². The summed E-state index contributed by atoms with van der Waals surface area (Å²) >= 11 is 0. The zero-order chi connectivity index (χ0) is 20.5. The van der Waals surface area contributed by atoms with Crippen LogP contribution in [0, 0.1) is 0 Å². The highest BCUT2D eigenvalue weighted by Crippen LogP contribution is 2.24. The maximum atomic E-state index is 12.5. The van der Waals surface area contributed by atoms with E-state index >= 15 is 0 Å². The second-order valence-corrected chi connectivity index (χ2v) is 7.26. The number of hydrogen-bond donors (Lipinski definition) is 1. The van der Waals surface area contributed by atoms with E-state index in [9.17, 15) is 4.79 Å². The topological polar surface area (TPSA) is 54.0 Å². The fourth-order valence-corrected chi connectivity index (χ4v) is 3.54. The number of carbonyl (C=O) groups excluding carboxylic acids is 1. The molecule has 1 unspecified atom stereocenters. The fraction of sp³-hybridized carbons (Fsp3) is 0.435. The quantitative estimate of drug-likeness (QED) is 0.659. The summed E-state index contributed by atoms with van der Waals surface area (Å²) in [5.41, 5.74) is 1.26. The monoisotopic (exact) mass is 397 g/mol. The number of benzene rings is 2. The third-order valence-electron chi connectivity index (χ3n) is 5.05. The largest absolute Gasteiger partial charge is 0.494 e. The van der Waals surface area contributed by atoms with E-state index in [0.29, 0.717) is 26.3 Å². The summed E-state index contributed by atoms with van der Waals surface area (Å²) in [6, 6.07) is 18.2. The molecule has 1 aliphatic heterocycles. The zero-order valence-electron chi connectivity index (χ0n) is 17.3. The van der Waals surface area contributed by atoms with Gasteiger partial charge in [-0.05, 0) is 43.8 Å². The molecule has 2 aromatic carbocycles. The molecule has 1 fully saturated rings. The molecule has 0 bridgehead atoms. The lowest BCUT2D eigenvalue weighted by atomic mass is 10.0. The van der Waals surface area contributed by atoms with E-state index in [2.05, 4.69) is 46.4 Å². The van der Waals surface area contributed by atoms with Gasteiger partial charge in [-0.15, -0.1) is 0 Å². The van der Waals surface area contributed by atoms with Crippen molar-refractivity contribution in [2.45, 2.75) is 13.0 Å². The number of ether oxygens (including phenoxy) is 2. The highest BCUT2D eigenvalue weighted by Gasteiger charge is 2.27. The van der Waals surface area contributed by atoms with Gasteiger partial charge in [-0.3, -0.25) is 9.69 Å². The number of likely N-dealkylation sites (N-methyl/N-ethyl adjacent to an activating group) is 1. The second kappa shape index (κ2) is 10.8. The van der Waals surface area contributed by atoms with Crippen molar-refractivity contribution in [3.63, 3.8) is 0 Å². The van der Waals surface area contributed by atoms with Crippen molar-refractivity contribution in [3.8, 4) is 11.5 Å². The molecule has 1 saturated heterocycles. The maximum Gasteiger partial charge on any atom is 0.234 e. The van der Waals surface area contributed by atoms with Gasteiger partial charge in [0.05, 0.1) is 19.7 Å². The van der Waals surface area contributed by atoms with Crippen molar-refractivity contribution in [1.29, 1.82) is 0 Å². The molecule has 0 aliphatic carbocycles. The van der Waals surface area contributed by atoms with E-state index in [1.807, 2.05) is 37.3 Å². The second-order valence-electron chi connectivity index (χ2n) is 7.26. The average Bonchev–Trinajstić information content (AvgIpc) is 2.74. The summed E-state index contributed by atoms with van der Waals surface area (Å²) in [6.45, 7) is 6.69. The Bertz CT molecular complexity index is 752. The highest BCUT2D eigenvalue weighted by molar-refractivity contribution is 5.78. The first-order valence-corrected chi connectivity index (χ1v) is 10.3. The van der Waals surface area contributed by atoms with E-state index in [4.69, 9.17) is 9.47 Å². The molecule has 0 saturated carbocycles. The van der Waals surface area contributed by atoms with Crippen LogP contribution in [-0.2, 0) is 4.79 Å². The lowest BCUT2D eigenvalue weighted by Crippen LogP contribution is -2.50. The average molecular weight is 398 g/mol. The first-order valence-electron chi connectivity index (χ1n) is 10.3. The van der Waals surface area contributed by atoms with Gasteiger partial charge in [-0.25, -0.2) is 0 Å². The van der Waals surface area contributed by atoms with Crippen LogP contribution in [0.1, 0.15) is 18.5 Å². The number of nitrogens with zero attached hydrogens (tertiary/aromatic N) is 2. The van der Waals surface area contributed by atoms with Gasteiger partial charge in [0.1, 0.15) is 18.1 Å². The SMILES string of the molecule is CCOc1ccc(OCCNC(=O)CN2CCN(C)CC2c2ccccc2)cc1. The van der Waals surface area contributed by atoms with E-state index < -0.39 is 0 Å². The van der Waals surface area contributed by atoms with Crippen LogP contribution in [0.5, 0.6) is 11.5 Å². The Kier molecular flexibility index (Phi) is 7.90. The van der Waals surface area contributed by atoms with Gasteiger partial charge in [0.2, 0.25) is 5.91 Å². The molecule has 1 amide bonds. The molecule has 0 spiro atoms. The van der Waals surface area contributed by atoms with Crippen molar-refractivity contribution < 1.29 is 14.3 Å². The summed E-state index contributed by atoms with van der Waals surface area (Å²) in [7, 11) is 2.13. The molecule has 3 rings (SSSR count). The van der Waals surface area contributed by atoms with Gasteiger partial charge in [0.15, 0.2) is 0 Å². The van der Waals surface area contributed by atoms with Crippen molar-refractivity contribution in [2.75, 3.05) is 53.0 Å². The van der Waals surface area contributed by atoms with Crippen LogP contribution >= 0.6 is 0 Å². The van der Waals surface area contributed by atoms with E-state index in [1.54, 1.807) is 0 Å². The highest BCUT2D eigenvalue weighted by atomic mass is 16.5. The van der Waals surface area contributed by atoms with Gasteiger partial charge in [-0.2, -0.15) is 0 Å². The first-order chi connectivity index (χ1) is 14.2. The van der Waals surface area contributed by atoms with Gasteiger partial charge in [0.25, 0.3) is 0 Å². The van der Waals surface area contributed by atoms with Crippen LogP contribution in [0.15, 0.2) is 54.6 Å². The lowest BCUT2D eigenvalue weighted by molar-refractivity contribution is -0.123. The third-order valence-corrected chi connectivity index (χ3v) is 5.05. The molecule has 1 heterocycles. The van der Waals surface area contributed by atoms with Gasteiger partial charge >= 0.3 is 0 Å². The number of carbonyl (C=O) groups is 1. The number of rotatable bonds is 9. The molecule has 6 nitrogen and oxygen atoms in total. The van der Waals surface area contributed by atoms with Gasteiger partial charge in [-0.1, -0.05) is 30.3 Å². The Morgan fingerprint density at radius 1 is 1.03 bits per heavy atom. The van der Waals surface area contributed by atoms with E-state index in [0.717, 1.165) is 31.1 Å². The lowest BCUT2D eigenvalue weighted by Gasteiger charge is -2.39. The first kappa shape index (κ1) is 21.1. The normalized spacial score (nSPS) is 17.7. The van der Waals surface area contributed by atoms with Crippen LogP contribution in [0.25, 0.3) is 0 Å². The van der Waals surface area contributed by atoms with E-state index in [1.165, 1.54) is 5.56 Å². The van der Waals surface area contributed by atoms with Crippen LogP contribution in [0.2, 0.25) is 0 Å². The predicted molar refractivity (Wildman–Crippen MR) is 114 cm³/mol. The summed E-state index contributed by atoms with van der Waals surface area (Å²) < 4.78 is 11.1. The number of nitrogens with one attached hydrogen (secondary N) is 1. The Balaban J connectivity index is 1.43. The predicted octanol–water partition coefficient (Wildman–Crippen LogP) is 2.57. The molecule has 1 aliphatic rings. The molecule has 1 atom stereocenters. The van der Waals surface area contributed by atoms with Crippen molar-refractivity contribution in [3.05, 3.63) is 60.2 Å². The van der Waals surface area contributed by atoms with Gasteiger partial charge < -0.3 is 19.7 Å².